The zero-order valence-electron chi connectivity index (χ0n) is 21.6. The smallest absolute Gasteiger partial charge is 0.300 e. The van der Waals surface area contributed by atoms with Gasteiger partial charge in [-0.25, -0.2) is 0 Å². The summed E-state index contributed by atoms with van der Waals surface area (Å²) in [6.07, 6.45) is 0. The molecule has 0 saturated carbocycles. The number of Topliss-reactive ketones (excluding diaryl/α,β-unsaturated/α-hetero) is 1. The van der Waals surface area contributed by atoms with E-state index in [0.717, 1.165) is 30.0 Å². The fourth-order valence-corrected chi connectivity index (χ4v) is 5.25. The minimum Gasteiger partial charge on any atom is -0.507 e. The van der Waals surface area contributed by atoms with Crippen molar-refractivity contribution in [2.24, 2.45) is 0 Å². The highest BCUT2D eigenvalue weighted by atomic mass is 35.5. The van der Waals surface area contributed by atoms with Gasteiger partial charge < -0.3 is 19.6 Å². The minimum atomic E-state index is -0.813. The molecule has 1 atom stereocenters. The Bertz CT molecular complexity index is 1400. The Morgan fingerprint density at radius 2 is 1.71 bits per heavy atom. The summed E-state index contributed by atoms with van der Waals surface area (Å²) in [4.78, 5) is 32.6. The number of benzene rings is 3. The summed E-state index contributed by atoms with van der Waals surface area (Å²) in [6.45, 7) is 7.18. The molecule has 1 unspecified atom stereocenters. The van der Waals surface area contributed by atoms with Gasteiger partial charge in [0.2, 0.25) is 0 Å². The van der Waals surface area contributed by atoms with Gasteiger partial charge in [-0.1, -0.05) is 23.7 Å². The number of hydrogen-bond acceptors (Lipinski definition) is 6. The van der Waals surface area contributed by atoms with Crippen molar-refractivity contribution in [1.82, 2.24) is 0 Å². The van der Waals surface area contributed by atoms with Crippen molar-refractivity contribution in [3.05, 3.63) is 88.5 Å². The van der Waals surface area contributed by atoms with E-state index < -0.39 is 17.7 Å². The van der Waals surface area contributed by atoms with E-state index in [0.29, 0.717) is 35.2 Å². The number of carbonyl (C=O) groups is 2. The molecule has 1 amide bonds. The van der Waals surface area contributed by atoms with Gasteiger partial charge in [-0.05, 0) is 74.0 Å². The molecule has 0 aromatic heterocycles. The number of carbonyl (C=O) groups excluding carboxylic acids is 2. The van der Waals surface area contributed by atoms with E-state index in [1.165, 1.54) is 4.90 Å². The summed E-state index contributed by atoms with van der Waals surface area (Å²) < 4.78 is 5.73. The summed E-state index contributed by atoms with van der Waals surface area (Å²) in [5.41, 5.74) is 3.58. The molecule has 38 heavy (non-hydrogen) atoms. The second-order valence-electron chi connectivity index (χ2n) is 9.36. The largest absolute Gasteiger partial charge is 0.507 e. The predicted molar refractivity (Wildman–Crippen MR) is 151 cm³/mol. The van der Waals surface area contributed by atoms with Crippen LogP contribution in [-0.4, -0.2) is 50.1 Å². The molecule has 0 radical (unpaired) electrons. The van der Waals surface area contributed by atoms with Crippen LogP contribution in [-0.2, 0) is 9.59 Å². The molecule has 0 bridgehead atoms. The number of aliphatic hydroxyl groups is 1. The monoisotopic (exact) mass is 531 g/mol. The number of nitrogens with zero attached hydrogens (tertiary/aromatic N) is 3. The maximum absolute atomic E-state index is 13.5. The lowest BCUT2D eigenvalue weighted by Crippen LogP contribution is -2.29. The van der Waals surface area contributed by atoms with Crippen LogP contribution in [0.25, 0.3) is 5.76 Å². The van der Waals surface area contributed by atoms with Gasteiger partial charge in [-0.15, -0.1) is 0 Å². The quantitative estimate of drug-likeness (QED) is 0.252. The molecule has 8 heteroatoms. The number of halogens is 1. The molecular formula is C30H30ClN3O4. The Kier molecular flexibility index (Phi) is 7.04. The van der Waals surface area contributed by atoms with Crippen LogP contribution in [0.5, 0.6) is 5.75 Å². The highest BCUT2D eigenvalue weighted by Crippen LogP contribution is 2.43. The highest BCUT2D eigenvalue weighted by Gasteiger charge is 2.47. The van der Waals surface area contributed by atoms with E-state index in [1.807, 2.05) is 36.2 Å². The summed E-state index contributed by atoms with van der Waals surface area (Å²) in [5.74, 6) is -0.956. The Labute approximate surface area is 227 Å². The molecule has 3 aromatic carbocycles. The predicted octanol–water partition coefficient (Wildman–Crippen LogP) is 5.64. The Balaban J connectivity index is 1.66. The topological polar surface area (TPSA) is 73.3 Å². The number of anilines is 3. The molecule has 1 fully saturated rings. The summed E-state index contributed by atoms with van der Waals surface area (Å²) >= 11 is 6.10. The average Bonchev–Trinajstić information content (AvgIpc) is 3.20. The average molecular weight is 532 g/mol. The van der Waals surface area contributed by atoms with E-state index in [9.17, 15) is 14.7 Å². The van der Waals surface area contributed by atoms with Crippen LogP contribution in [0.1, 0.15) is 31.0 Å². The molecule has 1 N–H and O–H groups in total. The zero-order valence-corrected chi connectivity index (χ0v) is 22.4. The SMILES string of the molecule is CCN(CC)c1ccc(C2/C(=C(/O)c3ccc4c(c3)N(C)CCO4)C(=O)C(=O)N2c2ccc(Cl)cc2)cc1. The molecule has 2 heterocycles. The van der Waals surface area contributed by atoms with Gasteiger partial charge in [0.1, 0.15) is 18.1 Å². The number of fused-ring (bicyclic) bond motifs is 1. The number of rotatable bonds is 6. The Hall–Kier alpha value is -3.97. The first-order valence-electron chi connectivity index (χ1n) is 12.7. The van der Waals surface area contributed by atoms with Crippen molar-refractivity contribution < 1.29 is 19.4 Å². The third-order valence-electron chi connectivity index (χ3n) is 7.21. The van der Waals surface area contributed by atoms with Crippen molar-refractivity contribution in [2.45, 2.75) is 19.9 Å². The summed E-state index contributed by atoms with van der Waals surface area (Å²) in [5, 5.41) is 12.1. The van der Waals surface area contributed by atoms with E-state index in [4.69, 9.17) is 16.3 Å². The third kappa shape index (κ3) is 4.47. The maximum Gasteiger partial charge on any atom is 0.300 e. The van der Waals surface area contributed by atoms with Gasteiger partial charge in [0.25, 0.3) is 11.7 Å². The minimum absolute atomic E-state index is 0.0415. The molecule has 196 valence electrons. The van der Waals surface area contributed by atoms with E-state index in [-0.39, 0.29) is 11.3 Å². The summed E-state index contributed by atoms with van der Waals surface area (Å²) in [6, 6.07) is 19.0. The number of ether oxygens (including phenoxy) is 1. The molecule has 2 aliphatic rings. The van der Waals surface area contributed by atoms with Crippen LogP contribution < -0.4 is 19.4 Å². The Morgan fingerprint density at radius 3 is 2.37 bits per heavy atom. The van der Waals surface area contributed by atoms with Gasteiger partial charge in [-0.2, -0.15) is 0 Å². The zero-order chi connectivity index (χ0) is 27.0. The van der Waals surface area contributed by atoms with Crippen LogP contribution in [0, 0.1) is 0 Å². The lowest BCUT2D eigenvalue weighted by Gasteiger charge is -2.28. The first kappa shape index (κ1) is 25.7. The van der Waals surface area contributed by atoms with E-state index in [1.54, 1.807) is 42.5 Å². The molecule has 5 rings (SSSR count). The van der Waals surface area contributed by atoms with Crippen molar-refractivity contribution in [3.63, 3.8) is 0 Å². The highest BCUT2D eigenvalue weighted by molar-refractivity contribution is 6.51. The maximum atomic E-state index is 13.5. The molecule has 3 aromatic rings. The lowest BCUT2D eigenvalue weighted by atomic mass is 9.94. The first-order valence-corrected chi connectivity index (χ1v) is 13.1. The third-order valence-corrected chi connectivity index (χ3v) is 7.47. The molecule has 2 aliphatic heterocycles. The van der Waals surface area contributed by atoms with Crippen molar-refractivity contribution in [2.75, 3.05) is 48.0 Å². The van der Waals surface area contributed by atoms with Gasteiger partial charge in [0, 0.05) is 42.1 Å². The van der Waals surface area contributed by atoms with Gasteiger partial charge in [0.05, 0.1) is 23.8 Å². The number of aliphatic hydroxyl groups excluding tert-OH is 1. The molecule has 0 aliphatic carbocycles. The number of likely N-dealkylation sites (N-methyl/N-ethyl adjacent to an activating group) is 1. The van der Waals surface area contributed by atoms with Crippen molar-refractivity contribution >= 4 is 46.1 Å². The van der Waals surface area contributed by atoms with E-state index in [2.05, 4.69) is 18.7 Å². The van der Waals surface area contributed by atoms with Crippen LogP contribution in [0.3, 0.4) is 0 Å². The van der Waals surface area contributed by atoms with Gasteiger partial charge in [0.15, 0.2) is 0 Å². The van der Waals surface area contributed by atoms with Crippen LogP contribution in [0.15, 0.2) is 72.3 Å². The molecular weight excluding hydrogens is 502 g/mol. The standard InChI is InChI=1S/C30H30ClN3O4/c1-4-33(5-2)22-11-6-19(7-12-22)27-26(29(36)30(37)34(27)23-13-9-21(31)10-14-23)28(35)20-8-15-25-24(18-20)32(3)16-17-38-25/h6-15,18,27,35H,4-5,16-17H2,1-3H3/b28-26-. The fourth-order valence-electron chi connectivity index (χ4n) is 5.13. The van der Waals surface area contributed by atoms with Crippen LogP contribution in [0.4, 0.5) is 17.1 Å². The van der Waals surface area contributed by atoms with Crippen molar-refractivity contribution in [1.29, 1.82) is 0 Å². The van der Waals surface area contributed by atoms with E-state index >= 15 is 0 Å². The number of ketones is 1. The van der Waals surface area contributed by atoms with Gasteiger partial charge >= 0.3 is 0 Å². The second kappa shape index (κ2) is 10.4. The van der Waals surface area contributed by atoms with Crippen molar-refractivity contribution in [3.8, 4) is 5.75 Å². The number of hydrogen-bond donors (Lipinski definition) is 1. The normalized spacial score (nSPS) is 18.4. The molecule has 7 nitrogen and oxygen atoms in total. The summed E-state index contributed by atoms with van der Waals surface area (Å²) in [7, 11) is 1.95. The Morgan fingerprint density at radius 1 is 1.03 bits per heavy atom. The lowest BCUT2D eigenvalue weighted by molar-refractivity contribution is -0.132. The van der Waals surface area contributed by atoms with Crippen LogP contribution in [0.2, 0.25) is 5.02 Å². The fraction of sp³-hybridized carbons (Fsp3) is 0.267. The molecule has 1 saturated heterocycles. The van der Waals surface area contributed by atoms with Gasteiger partial charge in [-0.3, -0.25) is 14.5 Å². The first-order chi connectivity index (χ1) is 18.3. The van der Waals surface area contributed by atoms with Crippen LogP contribution >= 0.6 is 11.6 Å². The number of amides is 1. The molecule has 0 spiro atoms. The second-order valence-corrected chi connectivity index (χ2v) is 9.80.